The Labute approximate surface area is 80.9 Å². The van der Waals surface area contributed by atoms with Crippen molar-refractivity contribution in [2.45, 2.75) is 27.7 Å². The first-order valence-electron chi connectivity index (χ1n) is 4.55. The van der Waals surface area contributed by atoms with Crippen LogP contribution in [0.5, 0.6) is 0 Å². The zero-order chi connectivity index (χ0) is 10.4. The van der Waals surface area contributed by atoms with Gasteiger partial charge in [0.2, 0.25) is 5.91 Å². The summed E-state index contributed by atoms with van der Waals surface area (Å²) in [5.74, 6) is 0.149. The molecule has 0 atom stereocenters. The van der Waals surface area contributed by atoms with Crippen LogP contribution in [0.3, 0.4) is 0 Å². The normalized spacial score (nSPS) is 9.62. The lowest BCUT2D eigenvalue weighted by atomic mass is 10.2. The highest BCUT2D eigenvalue weighted by Crippen LogP contribution is 2.02. The third kappa shape index (κ3) is 4.51. The van der Waals surface area contributed by atoms with Crippen LogP contribution in [-0.4, -0.2) is 17.4 Å². The van der Waals surface area contributed by atoms with E-state index < -0.39 is 0 Å². The van der Waals surface area contributed by atoms with Gasteiger partial charge in [-0.1, -0.05) is 32.1 Å². The third-order valence-electron chi connectivity index (χ3n) is 1.69. The highest BCUT2D eigenvalue weighted by atomic mass is 16.2. The zero-order valence-corrected chi connectivity index (χ0v) is 9.00. The summed E-state index contributed by atoms with van der Waals surface area (Å²) in [7, 11) is 0. The lowest BCUT2D eigenvalue weighted by molar-refractivity contribution is -0.131. The van der Waals surface area contributed by atoms with Gasteiger partial charge in [-0.05, 0) is 20.0 Å². The van der Waals surface area contributed by atoms with Crippen molar-refractivity contribution in [1.82, 2.24) is 4.90 Å². The molecule has 0 aliphatic rings. The summed E-state index contributed by atoms with van der Waals surface area (Å²) in [4.78, 5) is 13.1. The first kappa shape index (κ1) is 11.9. The maximum absolute atomic E-state index is 11.5. The fraction of sp³-hybridized carbons (Fsp3) is 0.545. The molecule has 0 heterocycles. The second-order valence-electron chi connectivity index (χ2n) is 3.61. The smallest absolute Gasteiger partial charge is 0.229 e. The van der Waals surface area contributed by atoms with Crippen molar-refractivity contribution in [2.24, 2.45) is 5.92 Å². The van der Waals surface area contributed by atoms with Crippen LogP contribution >= 0.6 is 0 Å². The van der Waals surface area contributed by atoms with Crippen molar-refractivity contribution in [1.29, 1.82) is 0 Å². The molecule has 2 heteroatoms. The highest BCUT2D eigenvalue weighted by Gasteiger charge is 2.12. The van der Waals surface area contributed by atoms with Crippen LogP contribution in [0.4, 0.5) is 0 Å². The van der Waals surface area contributed by atoms with Crippen LogP contribution in [0.15, 0.2) is 24.4 Å². The van der Waals surface area contributed by atoms with Crippen LogP contribution in [0, 0.1) is 5.92 Å². The van der Waals surface area contributed by atoms with Crippen molar-refractivity contribution in [3.63, 3.8) is 0 Å². The van der Waals surface area contributed by atoms with Crippen LogP contribution in [0.2, 0.25) is 0 Å². The standard InChI is InChI=1S/C11H19NO/c1-6-12(8-7-9(2)3)11(13)10(4)5/h6-7,10H,1,8H2,2-5H3. The summed E-state index contributed by atoms with van der Waals surface area (Å²) >= 11 is 0. The fourth-order valence-electron chi connectivity index (χ4n) is 0.867. The molecular weight excluding hydrogens is 162 g/mol. The average molecular weight is 181 g/mol. The summed E-state index contributed by atoms with van der Waals surface area (Å²) < 4.78 is 0. The number of carbonyl (C=O) groups excluding carboxylic acids is 1. The van der Waals surface area contributed by atoms with Crippen LogP contribution in [0.25, 0.3) is 0 Å². The van der Waals surface area contributed by atoms with Crippen molar-refractivity contribution >= 4 is 5.91 Å². The van der Waals surface area contributed by atoms with E-state index in [-0.39, 0.29) is 11.8 Å². The van der Waals surface area contributed by atoms with Gasteiger partial charge in [-0.3, -0.25) is 4.79 Å². The Hall–Kier alpha value is -1.05. The fourth-order valence-corrected chi connectivity index (χ4v) is 0.867. The topological polar surface area (TPSA) is 20.3 Å². The molecule has 0 saturated carbocycles. The van der Waals surface area contributed by atoms with E-state index in [2.05, 4.69) is 6.58 Å². The Balaban J connectivity index is 4.27. The molecule has 0 fully saturated rings. The number of rotatable bonds is 4. The van der Waals surface area contributed by atoms with Gasteiger partial charge in [0.25, 0.3) is 0 Å². The number of carbonyl (C=O) groups is 1. The Bertz CT molecular complexity index is 212. The number of nitrogens with zero attached hydrogens (tertiary/aromatic N) is 1. The summed E-state index contributed by atoms with van der Waals surface area (Å²) in [5, 5.41) is 0. The number of amides is 1. The maximum atomic E-state index is 11.5. The number of hydrogen-bond donors (Lipinski definition) is 0. The Kier molecular flexibility index (Phi) is 5.12. The summed E-state index contributed by atoms with van der Waals surface area (Å²) in [6, 6.07) is 0. The Morgan fingerprint density at radius 2 is 2.00 bits per heavy atom. The molecule has 0 N–H and O–H groups in total. The van der Waals surface area contributed by atoms with Gasteiger partial charge in [0.1, 0.15) is 0 Å². The van der Waals surface area contributed by atoms with Crippen molar-refractivity contribution in [2.75, 3.05) is 6.54 Å². The summed E-state index contributed by atoms with van der Waals surface area (Å²) in [6.07, 6.45) is 3.60. The highest BCUT2D eigenvalue weighted by molar-refractivity contribution is 5.79. The van der Waals surface area contributed by atoms with E-state index in [1.807, 2.05) is 33.8 Å². The van der Waals surface area contributed by atoms with Gasteiger partial charge in [0.15, 0.2) is 0 Å². The summed E-state index contributed by atoms with van der Waals surface area (Å²) in [5.41, 5.74) is 1.21. The van der Waals surface area contributed by atoms with Gasteiger partial charge in [0, 0.05) is 12.5 Å². The predicted octanol–water partition coefficient (Wildman–Crippen LogP) is 2.58. The average Bonchev–Trinajstić information content (AvgIpc) is 2.04. The van der Waals surface area contributed by atoms with E-state index in [1.165, 1.54) is 5.57 Å². The van der Waals surface area contributed by atoms with Gasteiger partial charge in [-0.15, -0.1) is 0 Å². The van der Waals surface area contributed by atoms with E-state index in [1.54, 1.807) is 11.1 Å². The number of hydrogen-bond acceptors (Lipinski definition) is 1. The molecule has 0 radical (unpaired) electrons. The van der Waals surface area contributed by atoms with E-state index in [9.17, 15) is 4.79 Å². The van der Waals surface area contributed by atoms with Gasteiger partial charge >= 0.3 is 0 Å². The first-order valence-corrected chi connectivity index (χ1v) is 4.55. The summed E-state index contributed by atoms with van der Waals surface area (Å²) in [6.45, 7) is 12.1. The maximum Gasteiger partial charge on any atom is 0.229 e. The minimum Gasteiger partial charge on any atom is -0.316 e. The monoisotopic (exact) mass is 181 g/mol. The molecule has 0 aromatic heterocycles. The Morgan fingerprint density at radius 3 is 2.31 bits per heavy atom. The minimum absolute atomic E-state index is 0.0311. The van der Waals surface area contributed by atoms with Crippen LogP contribution in [-0.2, 0) is 4.79 Å². The van der Waals surface area contributed by atoms with Gasteiger partial charge in [-0.25, -0.2) is 0 Å². The van der Waals surface area contributed by atoms with Crippen LogP contribution < -0.4 is 0 Å². The minimum atomic E-state index is 0.0311. The SMILES string of the molecule is C=CN(CC=C(C)C)C(=O)C(C)C. The molecule has 13 heavy (non-hydrogen) atoms. The molecule has 0 aliphatic heterocycles. The van der Waals surface area contributed by atoms with E-state index in [0.29, 0.717) is 6.54 Å². The molecule has 0 bridgehead atoms. The quantitative estimate of drug-likeness (QED) is 0.610. The Morgan fingerprint density at radius 1 is 1.46 bits per heavy atom. The van der Waals surface area contributed by atoms with E-state index >= 15 is 0 Å². The van der Waals surface area contributed by atoms with Crippen LogP contribution in [0.1, 0.15) is 27.7 Å². The zero-order valence-electron chi connectivity index (χ0n) is 9.00. The van der Waals surface area contributed by atoms with Gasteiger partial charge < -0.3 is 4.90 Å². The van der Waals surface area contributed by atoms with Crippen molar-refractivity contribution < 1.29 is 4.79 Å². The largest absolute Gasteiger partial charge is 0.316 e. The molecule has 1 amide bonds. The second-order valence-corrected chi connectivity index (χ2v) is 3.61. The third-order valence-corrected chi connectivity index (χ3v) is 1.69. The van der Waals surface area contributed by atoms with Crippen molar-refractivity contribution in [3.8, 4) is 0 Å². The lowest BCUT2D eigenvalue weighted by Crippen LogP contribution is -2.29. The molecule has 2 nitrogen and oxygen atoms in total. The molecule has 0 rings (SSSR count). The molecule has 0 spiro atoms. The molecular formula is C11H19NO. The van der Waals surface area contributed by atoms with E-state index in [0.717, 1.165) is 0 Å². The molecule has 0 aromatic carbocycles. The van der Waals surface area contributed by atoms with Crippen molar-refractivity contribution in [3.05, 3.63) is 24.4 Å². The lowest BCUT2D eigenvalue weighted by Gasteiger charge is -2.18. The second kappa shape index (κ2) is 5.57. The molecule has 0 saturated heterocycles. The first-order chi connectivity index (χ1) is 5.99. The predicted molar refractivity (Wildman–Crippen MR) is 56.2 cm³/mol. The molecule has 0 aromatic rings. The van der Waals surface area contributed by atoms with E-state index in [4.69, 9.17) is 0 Å². The molecule has 74 valence electrons. The molecule has 0 unspecified atom stereocenters. The molecule has 0 aliphatic carbocycles. The number of allylic oxidation sites excluding steroid dienone is 1. The van der Waals surface area contributed by atoms with Gasteiger partial charge in [0.05, 0.1) is 0 Å². The van der Waals surface area contributed by atoms with Gasteiger partial charge in [-0.2, -0.15) is 0 Å².